The molecule has 0 saturated carbocycles. The predicted molar refractivity (Wildman–Crippen MR) is 79.1 cm³/mol. The number of rotatable bonds is 10. The van der Waals surface area contributed by atoms with Crippen LogP contribution in [0.15, 0.2) is 24.4 Å². The highest BCUT2D eigenvalue weighted by molar-refractivity contribution is 5.03. The van der Waals surface area contributed by atoms with Crippen molar-refractivity contribution in [3.63, 3.8) is 0 Å². The summed E-state index contributed by atoms with van der Waals surface area (Å²) in [5.74, 6) is 0. The van der Waals surface area contributed by atoms with Crippen molar-refractivity contribution in [2.45, 2.75) is 32.9 Å². The fourth-order valence-corrected chi connectivity index (χ4v) is 1.81. The summed E-state index contributed by atoms with van der Waals surface area (Å²) in [4.78, 5) is 6.67. The molecule has 0 aliphatic rings. The van der Waals surface area contributed by atoms with Crippen LogP contribution in [0.3, 0.4) is 0 Å². The first kappa shape index (κ1) is 16.1. The second-order valence-corrected chi connectivity index (χ2v) is 4.84. The van der Waals surface area contributed by atoms with Crippen LogP contribution in [0.5, 0.6) is 0 Å². The standard InChI is InChI=1S/C15H27N3O/c1-4-19-11-7-9-16-12-14(2)18(3)13-15-8-5-6-10-17-15/h5-6,8,10,14,16H,4,7,9,11-13H2,1-3H3. The molecule has 4 nitrogen and oxygen atoms in total. The van der Waals surface area contributed by atoms with Crippen molar-refractivity contribution in [1.82, 2.24) is 15.2 Å². The molecule has 0 radical (unpaired) electrons. The van der Waals surface area contributed by atoms with Crippen molar-refractivity contribution in [1.29, 1.82) is 0 Å². The van der Waals surface area contributed by atoms with Crippen molar-refractivity contribution < 1.29 is 4.74 Å². The third kappa shape index (κ3) is 7.25. The number of ether oxygens (including phenoxy) is 1. The lowest BCUT2D eigenvalue weighted by Gasteiger charge is -2.24. The van der Waals surface area contributed by atoms with Crippen LogP contribution in [0.2, 0.25) is 0 Å². The van der Waals surface area contributed by atoms with E-state index in [1.54, 1.807) is 0 Å². The summed E-state index contributed by atoms with van der Waals surface area (Å²) in [5.41, 5.74) is 1.12. The molecule has 0 saturated heterocycles. The molecule has 1 heterocycles. The highest BCUT2D eigenvalue weighted by Gasteiger charge is 2.09. The molecule has 0 fully saturated rings. The molecule has 1 aromatic heterocycles. The van der Waals surface area contributed by atoms with Crippen molar-refractivity contribution in [2.24, 2.45) is 0 Å². The third-order valence-corrected chi connectivity index (χ3v) is 3.18. The molecule has 0 spiro atoms. The van der Waals surface area contributed by atoms with Crippen molar-refractivity contribution in [3.05, 3.63) is 30.1 Å². The molecule has 1 atom stereocenters. The Labute approximate surface area is 117 Å². The first-order valence-corrected chi connectivity index (χ1v) is 7.12. The SMILES string of the molecule is CCOCCCNCC(C)N(C)Cc1ccccn1. The second kappa shape index (κ2) is 9.89. The van der Waals surface area contributed by atoms with Gasteiger partial charge >= 0.3 is 0 Å². The van der Waals surface area contributed by atoms with Gasteiger partial charge in [-0.25, -0.2) is 0 Å². The van der Waals surface area contributed by atoms with Gasteiger partial charge in [-0.15, -0.1) is 0 Å². The van der Waals surface area contributed by atoms with Crippen molar-refractivity contribution in [3.8, 4) is 0 Å². The lowest BCUT2D eigenvalue weighted by atomic mass is 10.2. The number of aromatic nitrogens is 1. The van der Waals surface area contributed by atoms with E-state index in [1.807, 2.05) is 25.3 Å². The van der Waals surface area contributed by atoms with E-state index in [0.29, 0.717) is 6.04 Å². The van der Waals surface area contributed by atoms with Gasteiger partial charge in [0.2, 0.25) is 0 Å². The van der Waals surface area contributed by atoms with Gasteiger partial charge in [0.15, 0.2) is 0 Å². The normalized spacial score (nSPS) is 12.8. The fourth-order valence-electron chi connectivity index (χ4n) is 1.81. The number of hydrogen-bond acceptors (Lipinski definition) is 4. The van der Waals surface area contributed by atoms with Crippen molar-refractivity contribution >= 4 is 0 Å². The summed E-state index contributed by atoms with van der Waals surface area (Å²) >= 11 is 0. The molecular weight excluding hydrogens is 238 g/mol. The molecule has 108 valence electrons. The molecule has 1 N–H and O–H groups in total. The number of nitrogens with zero attached hydrogens (tertiary/aromatic N) is 2. The molecule has 1 aromatic rings. The highest BCUT2D eigenvalue weighted by atomic mass is 16.5. The minimum atomic E-state index is 0.495. The van der Waals surface area contributed by atoms with E-state index in [-0.39, 0.29) is 0 Å². The lowest BCUT2D eigenvalue weighted by molar-refractivity contribution is 0.144. The van der Waals surface area contributed by atoms with Crippen LogP contribution >= 0.6 is 0 Å². The summed E-state index contributed by atoms with van der Waals surface area (Å²) in [5, 5.41) is 3.47. The number of likely N-dealkylation sites (N-methyl/N-ethyl adjacent to an activating group) is 1. The Balaban J connectivity index is 2.13. The molecule has 1 unspecified atom stereocenters. The summed E-state index contributed by atoms with van der Waals surface area (Å²) in [7, 11) is 2.14. The lowest BCUT2D eigenvalue weighted by Crippen LogP contribution is -2.38. The van der Waals surface area contributed by atoms with Gasteiger partial charge in [-0.05, 0) is 46.0 Å². The first-order chi connectivity index (χ1) is 9.24. The zero-order valence-corrected chi connectivity index (χ0v) is 12.4. The molecule has 0 aliphatic heterocycles. The maximum atomic E-state index is 5.31. The molecule has 0 aromatic carbocycles. The van der Waals surface area contributed by atoms with E-state index in [1.165, 1.54) is 0 Å². The van der Waals surface area contributed by atoms with Crippen LogP contribution in [0.4, 0.5) is 0 Å². The molecule has 1 rings (SSSR count). The first-order valence-electron chi connectivity index (χ1n) is 7.12. The van der Waals surface area contributed by atoms with E-state index in [4.69, 9.17) is 4.74 Å². The molecular formula is C15H27N3O. The van der Waals surface area contributed by atoms with E-state index < -0.39 is 0 Å². The van der Waals surface area contributed by atoms with Crippen LogP contribution in [-0.2, 0) is 11.3 Å². The van der Waals surface area contributed by atoms with Crippen LogP contribution in [0, 0.1) is 0 Å². The summed E-state index contributed by atoms with van der Waals surface area (Å²) < 4.78 is 5.31. The molecule has 19 heavy (non-hydrogen) atoms. The Bertz CT molecular complexity index is 318. The summed E-state index contributed by atoms with van der Waals surface area (Å²) in [6.07, 6.45) is 2.92. The molecule has 4 heteroatoms. The largest absolute Gasteiger partial charge is 0.382 e. The van der Waals surface area contributed by atoms with Crippen molar-refractivity contribution in [2.75, 3.05) is 33.4 Å². The summed E-state index contributed by atoms with van der Waals surface area (Å²) in [6.45, 7) is 8.82. The average Bonchev–Trinajstić information content (AvgIpc) is 2.43. The van der Waals surface area contributed by atoms with Gasteiger partial charge in [0.25, 0.3) is 0 Å². The minimum absolute atomic E-state index is 0.495. The number of hydrogen-bond donors (Lipinski definition) is 1. The average molecular weight is 265 g/mol. The van der Waals surface area contributed by atoms with Crippen LogP contribution in [-0.4, -0.2) is 49.3 Å². The van der Waals surface area contributed by atoms with E-state index in [0.717, 1.165) is 45.0 Å². The smallest absolute Gasteiger partial charge is 0.0543 e. The van der Waals surface area contributed by atoms with Crippen LogP contribution < -0.4 is 5.32 Å². The third-order valence-electron chi connectivity index (χ3n) is 3.18. The number of pyridine rings is 1. The van der Waals surface area contributed by atoms with E-state index >= 15 is 0 Å². The van der Waals surface area contributed by atoms with E-state index in [9.17, 15) is 0 Å². The van der Waals surface area contributed by atoms with Crippen LogP contribution in [0.25, 0.3) is 0 Å². The second-order valence-electron chi connectivity index (χ2n) is 4.84. The maximum absolute atomic E-state index is 5.31. The van der Waals surface area contributed by atoms with Gasteiger partial charge in [0.05, 0.1) is 5.69 Å². The van der Waals surface area contributed by atoms with Crippen LogP contribution in [0.1, 0.15) is 26.0 Å². The Morgan fingerprint density at radius 1 is 1.42 bits per heavy atom. The molecule has 0 aliphatic carbocycles. The Morgan fingerprint density at radius 2 is 2.26 bits per heavy atom. The van der Waals surface area contributed by atoms with Gasteiger partial charge in [-0.2, -0.15) is 0 Å². The fraction of sp³-hybridized carbons (Fsp3) is 0.667. The quantitative estimate of drug-likeness (QED) is 0.656. The molecule has 0 bridgehead atoms. The van der Waals surface area contributed by atoms with Gasteiger partial charge in [-0.1, -0.05) is 6.07 Å². The number of nitrogens with one attached hydrogen (secondary N) is 1. The van der Waals surface area contributed by atoms with Gasteiger partial charge in [0.1, 0.15) is 0 Å². The topological polar surface area (TPSA) is 37.4 Å². The maximum Gasteiger partial charge on any atom is 0.0543 e. The van der Waals surface area contributed by atoms with Gasteiger partial charge < -0.3 is 10.1 Å². The Morgan fingerprint density at radius 3 is 2.95 bits per heavy atom. The Kier molecular flexibility index (Phi) is 8.38. The monoisotopic (exact) mass is 265 g/mol. The Hall–Kier alpha value is -0.970. The predicted octanol–water partition coefficient (Wildman–Crippen LogP) is 1.92. The molecule has 0 amide bonds. The van der Waals surface area contributed by atoms with E-state index in [2.05, 4.69) is 35.2 Å². The summed E-state index contributed by atoms with van der Waals surface area (Å²) in [6, 6.07) is 6.55. The minimum Gasteiger partial charge on any atom is -0.382 e. The highest BCUT2D eigenvalue weighted by Crippen LogP contribution is 2.02. The zero-order chi connectivity index (χ0) is 13.9. The van der Waals surface area contributed by atoms with Gasteiger partial charge in [0, 0.05) is 38.5 Å². The van der Waals surface area contributed by atoms with Gasteiger partial charge in [-0.3, -0.25) is 9.88 Å². The zero-order valence-electron chi connectivity index (χ0n) is 12.4.